The molecule has 0 saturated heterocycles. The van der Waals surface area contributed by atoms with Gasteiger partial charge in [-0.15, -0.1) is 0 Å². The number of benzene rings is 2. The van der Waals surface area contributed by atoms with Gasteiger partial charge in [-0.3, -0.25) is 9.59 Å². The molecule has 1 aliphatic heterocycles. The Bertz CT molecular complexity index is 806. The first-order chi connectivity index (χ1) is 12.6. The zero-order chi connectivity index (χ0) is 18.5. The fourth-order valence-electron chi connectivity index (χ4n) is 2.62. The van der Waals surface area contributed by atoms with Crippen LogP contribution in [0.5, 0.6) is 11.5 Å². The molecular formula is C19H18FNO5. The van der Waals surface area contributed by atoms with Gasteiger partial charge >= 0.3 is 5.97 Å². The molecule has 2 aromatic rings. The molecule has 0 unspecified atom stereocenters. The minimum atomic E-state index is -0.418. The molecule has 0 N–H and O–H groups in total. The van der Waals surface area contributed by atoms with E-state index >= 15 is 0 Å². The van der Waals surface area contributed by atoms with Gasteiger partial charge in [-0.2, -0.15) is 0 Å². The maximum Gasteiger partial charge on any atom is 0.307 e. The summed E-state index contributed by atoms with van der Waals surface area (Å²) < 4.78 is 28.4. The lowest BCUT2D eigenvalue weighted by atomic mass is 10.1. The molecular weight excluding hydrogens is 341 g/mol. The van der Waals surface area contributed by atoms with Crippen LogP contribution < -0.4 is 9.47 Å². The summed E-state index contributed by atoms with van der Waals surface area (Å²) in [4.78, 5) is 25.8. The molecule has 6 nitrogen and oxygen atoms in total. The minimum absolute atomic E-state index is 0.0635. The van der Waals surface area contributed by atoms with Gasteiger partial charge in [-0.25, -0.2) is 4.39 Å². The number of carbonyl (C=O) groups is 2. The van der Waals surface area contributed by atoms with Crippen molar-refractivity contribution in [3.05, 3.63) is 59.4 Å². The number of amides is 1. The van der Waals surface area contributed by atoms with Crippen molar-refractivity contribution in [3.8, 4) is 11.5 Å². The van der Waals surface area contributed by atoms with Gasteiger partial charge in [0.05, 0.1) is 13.5 Å². The van der Waals surface area contributed by atoms with Crippen LogP contribution in [0.15, 0.2) is 42.5 Å². The lowest BCUT2D eigenvalue weighted by Gasteiger charge is -2.22. The van der Waals surface area contributed by atoms with Crippen molar-refractivity contribution >= 4 is 11.9 Å². The Labute approximate surface area is 150 Å². The number of hydrogen-bond acceptors (Lipinski definition) is 5. The second-order valence-corrected chi connectivity index (χ2v) is 5.75. The highest BCUT2D eigenvalue weighted by molar-refractivity contribution is 5.94. The molecule has 26 heavy (non-hydrogen) atoms. The average Bonchev–Trinajstić information content (AvgIpc) is 3.12. The van der Waals surface area contributed by atoms with Crippen LogP contribution in [0.4, 0.5) is 4.39 Å². The van der Waals surface area contributed by atoms with E-state index in [2.05, 4.69) is 4.74 Å². The second kappa shape index (κ2) is 7.86. The Kier molecular flexibility index (Phi) is 5.36. The van der Waals surface area contributed by atoms with Crippen molar-refractivity contribution in [1.29, 1.82) is 0 Å². The van der Waals surface area contributed by atoms with Gasteiger partial charge in [0.25, 0.3) is 5.91 Å². The molecule has 0 spiro atoms. The number of methoxy groups -OCH3 is 1. The van der Waals surface area contributed by atoms with Crippen LogP contribution in [-0.2, 0) is 16.1 Å². The smallest absolute Gasteiger partial charge is 0.307 e. The normalized spacial score (nSPS) is 11.9. The molecule has 0 atom stereocenters. The van der Waals surface area contributed by atoms with Crippen LogP contribution >= 0.6 is 0 Å². The summed E-state index contributed by atoms with van der Waals surface area (Å²) in [5.41, 5.74) is 1.17. The molecule has 1 amide bonds. The fraction of sp³-hybridized carbons (Fsp3) is 0.263. The molecule has 0 aromatic heterocycles. The third kappa shape index (κ3) is 4.11. The molecule has 3 rings (SSSR count). The van der Waals surface area contributed by atoms with Crippen molar-refractivity contribution in [1.82, 2.24) is 4.90 Å². The molecule has 0 bridgehead atoms. The maximum absolute atomic E-state index is 13.1. The van der Waals surface area contributed by atoms with Crippen LogP contribution in [0.3, 0.4) is 0 Å². The van der Waals surface area contributed by atoms with Crippen molar-refractivity contribution in [3.63, 3.8) is 0 Å². The third-order valence-corrected chi connectivity index (χ3v) is 4.00. The number of hydrogen-bond donors (Lipinski definition) is 0. The summed E-state index contributed by atoms with van der Waals surface area (Å²) in [6.07, 6.45) is 0.0635. The summed E-state index contributed by atoms with van der Waals surface area (Å²) in [5.74, 6) is 0.141. The average molecular weight is 359 g/mol. The number of fused-ring (bicyclic) bond motifs is 1. The number of ether oxygens (including phenoxy) is 3. The van der Waals surface area contributed by atoms with Crippen LogP contribution in [0.2, 0.25) is 0 Å². The minimum Gasteiger partial charge on any atom is -0.469 e. The van der Waals surface area contributed by atoms with Crippen molar-refractivity contribution in [2.24, 2.45) is 0 Å². The molecule has 0 fully saturated rings. The predicted molar refractivity (Wildman–Crippen MR) is 90.3 cm³/mol. The van der Waals surface area contributed by atoms with Crippen LogP contribution in [-0.4, -0.2) is 37.2 Å². The van der Waals surface area contributed by atoms with E-state index in [-0.39, 0.29) is 32.2 Å². The first-order valence-corrected chi connectivity index (χ1v) is 8.07. The highest BCUT2D eigenvalue weighted by Crippen LogP contribution is 2.32. The molecule has 7 heteroatoms. The fourth-order valence-corrected chi connectivity index (χ4v) is 2.62. The standard InChI is InChI=1S/C19H18FNO5/c1-24-18(22)8-9-21(19(23)14-3-5-15(20)6-4-14)11-13-2-7-16-17(10-13)26-12-25-16/h2-7,10H,8-9,11-12H2,1H3. The topological polar surface area (TPSA) is 65.1 Å². The van der Waals surface area contributed by atoms with Gasteiger partial charge in [0.2, 0.25) is 6.79 Å². The highest BCUT2D eigenvalue weighted by Gasteiger charge is 2.20. The molecule has 0 aliphatic carbocycles. The van der Waals surface area contributed by atoms with Crippen LogP contribution in [0.1, 0.15) is 22.3 Å². The van der Waals surface area contributed by atoms with E-state index in [1.807, 2.05) is 6.07 Å². The van der Waals surface area contributed by atoms with Gasteiger partial charge < -0.3 is 19.1 Å². The number of rotatable bonds is 6. The molecule has 2 aromatic carbocycles. The molecule has 136 valence electrons. The Morgan fingerprint density at radius 3 is 2.58 bits per heavy atom. The van der Waals surface area contributed by atoms with Gasteiger partial charge in [0.15, 0.2) is 11.5 Å². The van der Waals surface area contributed by atoms with Crippen molar-refractivity contribution in [2.45, 2.75) is 13.0 Å². The summed E-state index contributed by atoms with van der Waals surface area (Å²) in [6.45, 7) is 0.612. The van der Waals surface area contributed by atoms with Gasteiger partial charge in [-0.05, 0) is 42.0 Å². The summed E-state index contributed by atoms with van der Waals surface area (Å²) in [7, 11) is 1.30. The largest absolute Gasteiger partial charge is 0.469 e. The zero-order valence-corrected chi connectivity index (χ0v) is 14.2. The number of halogens is 1. The Morgan fingerprint density at radius 2 is 1.85 bits per heavy atom. The first-order valence-electron chi connectivity index (χ1n) is 8.07. The van der Waals surface area contributed by atoms with E-state index in [4.69, 9.17) is 9.47 Å². The SMILES string of the molecule is COC(=O)CCN(Cc1ccc2c(c1)OCO2)C(=O)c1ccc(F)cc1. The van der Waals surface area contributed by atoms with Crippen molar-refractivity contribution < 1.29 is 28.2 Å². The van der Waals surface area contributed by atoms with Gasteiger partial charge in [0.1, 0.15) is 5.82 Å². The van der Waals surface area contributed by atoms with E-state index < -0.39 is 11.8 Å². The second-order valence-electron chi connectivity index (χ2n) is 5.75. The lowest BCUT2D eigenvalue weighted by molar-refractivity contribution is -0.140. The molecule has 1 aliphatic rings. The predicted octanol–water partition coefficient (Wildman–Crippen LogP) is 2.76. The number of carbonyl (C=O) groups excluding carboxylic acids is 2. The number of esters is 1. The summed E-state index contributed by atoms with van der Waals surface area (Å²) in [5, 5.41) is 0. The lowest BCUT2D eigenvalue weighted by Crippen LogP contribution is -2.32. The maximum atomic E-state index is 13.1. The third-order valence-electron chi connectivity index (χ3n) is 4.00. The first kappa shape index (κ1) is 17.7. The van der Waals surface area contributed by atoms with Crippen LogP contribution in [0.25, 0.3) is 0 Å². The molecule has 0 radical (unpaired) electrons. The Hall–Kier alpha value is -3.09. The zero-order valence-electron chi connectivity index (χ0n) is 14.2. The van der Waals surface area contributed by atoms with E-state index in [0.717, 1.165) is 5.56 Å². The van der Waals surface area contributed by atoms with E-state index in [1.165, 1.54) is 36.3 Å². The Balaban J connectivity index is 1.79. The number of nitrogens with zero attached hydrogens (tertiary/aromatic N) is 1. The van der Waals surface area contributed by atoms with E-state index in [1.54, 1.807) is 12.1 Å². The van der Waals surface area contributed by atoms with Crippen LogP contribution in [0, 0.1) is 5.82 Å². The van der Waals surface area contributed by atoms with E-state index in [9.17, 15) is 14.0 Å². The van der Waals surface area contributed by atoms with Gasteiger partial charge in [0, 0.05) is 18.7 Å². The summed E-state index contributed by atoms with van der Waals surface area (Å²) in [6, 6.07) is 10.7. The molecule has 0 saturated carbocycles. The Morgan fingerprint density at radius 1 is 1.12 bits per heavy atom. The van der Waals surface area contributed by atoms with Gasteiger partial charge in [-0.1, -0.05) is 6.07 Å². The highest BCUT2D eigenvalue weighted by atomic mass is 19.1. The summed E-state index contributed by atoms with van der Waals surface area (Å²) >= 11 is 0. The van der Waals surface area contributed by atoms with E-state index in [0.29, 0.717) is 17.1 Å². The quantitative estimate of drug-likeness (QED) is 0.742. The monoisotopic (exact) mass is 359 g/mol. The molecule has 1 heterocycles. The van der Waals surface area contributed by atoms with Crippen molar-refractivity contribution in [2.75, 3.05) is 20.4 Å².